The Hall–Kier alpha value is -4.76. The summed E-state index contributed by atoms with van der Waals surface area (Å²) in [6.07, 6.45) is 34.2. The Morgan fingerprint density at radius 1 is 0.496 bits per heavy atom. The number of phosphoric ester groups is 2. The maximum atomic E-state index is 13.3. The summed E-state index contributed by atoms with van der Waals surface area (Å²) in [5.41, 5.74) is 10.7. The van der Waals surface area contributed by atoms with Crippen LogP contribution in [0.25, 0.3) is 11.0 Å². The van der Waals surface area contributed by atoms with E-state index in [1.54, 1.807) is 62.4 Å². The van der Waals surface area contributed by atoms with E-state index in [9.17, 15) is 39.7 Å². The van der Waals surface area contributed by atoms with E-state index in [1.165, 1.54) is 201 Å². The van der Waals surface area contributed by atoms with Crippen LogP contribution in [-0.2, 0) is 89.5 Å². The van der Waals surface area contributed by atoms with Crippen molar-refractivity contribution in [3.8, 4) is 12.1 Å². The number of nitrogens with zero attached hydrogens (tertiary/aromatic N) is 8. The molecule has 7 heterocycles. The summed E-state index contributed by atoms with van der Waals surface area (Å²) in [7, 11) is -9.46. The van der Waals surface area contributed by atoms with E-state index >= 15 is 0 Å². The number of nitrogen functional groups attached to an aromatic ring is 2. The lowest BCUT2D eigenvalue weighted by Gasteiger charge is -2.29. The minimum absolute atomic E-state index is 0.0598. The number of hydrogen-bond donors (Lipinski definition) is 6. The number of benzene rings is 2. The Bertz CT molecular complexity index is 4110. The lowest BCUT2D eigenvalue weighted by Crippen LogP contribution is -2.41. The van der Waals surface area contributed by atoms with Gasteiger partial charge in [0.15, 0.2) is 17.4 Å². The molecule has 8 N–H and O–H groups in total. The molecule has 28 nitrogen and oxygen atoms in total. The van der Waals surface area contributed by atoms with E-state index in [2.05, 4.69) is 40.1 Å². The average Bonchev–Trinajstić information content (AvgIpc) is 1.55. The Morgan fingerprint density at radius 3 is 1.25 bits per heavy atom. The Labute approximate surface area is 709 Å². The van der Waals surface area contributed by atoms with Gasteiger partial charge in [0.05, 0.1) is 64.2 Å². The topological polar surface area (TPSA) is 386 Å². The number of nitriles is 2. The van der Waals surface area contributed by atoms with Crippen LogP contribution >= 0.6 is 62.0 Å². The van der Waals surface area contributed by atoms with Gasteiger partial charge in [-0.25, -0.2) is 28.1 Å². The lowest BCUT2D eigenvalue weighted by atomic mass is 9.92. The first-order valence-electron chi connectivity index (χ1n) is 42.0. The predicted molar refractivity (Wildman–Crippen MR) is 449 cm³/mol. The normalized spacial score (nSPS) is 21.9. The first-order chi connectivity index (χ1) is 56.4. The Morgan fingerprint density at radius 2 is 0.863 bits per heavy atom. The van der Waals surface area contributed by atoms with Crippen molar-refractivity contribution < 1.29 is 85.1 Å². The fourth-order valence-corrected chi connectivity index (χ4v) is 17.1. The maximum Gasteiger partial charge on any atom is 0.472 e. The molecular weight excluding hydrogens is 1630 g/mol. The van der Waals surface area contributed by atoms with Crippen LogP contribution in [0.1, 0.15) is 256 Å². The van der Waals surface area contributed by atoms with E-state index in [0.29, 0.717) is 61.2 Å². The van der Waals surface area contributed by atoms with E-state index in [0.717, 1.165) is 38.5 Å². The van der Waals surface area contributed by atoms with Crippen LogP contribution in [0.15, 0.2) is 73.3 Å². The molecule has 0 amide bonds. The van der Waals surface area contributed by atoms with Crippen molar-refractivity contribution >= 4 is 84.7 Å². The molecule has 9 rings (SSSR count). The molecule has 34 heteroatoms. The van der Waals surface area contributed by atoms with Crippen LogP contribution in [0, 0.1) is 22.7 Å². The largest absolute Gasteiger partial charge is 0.472 e. The van der Waals surface area contributed by atoms with E-state index < -0.39 is 94.7 Å². The number of unbranched alkanes of at least 4 members (excludes halogenated alkanes) is 30. The number of halogens is 4. The van der Waals surface area contributed by atoms with Gasteiger partial charge in [0.1, 0.15) is 84.7 Å². The highest BCUT2D eigenvalue weighted by Gasteiger charge is 2.66. The molecule has 3 fully saturated rings. The van der Waals surface area contributed by atoms with Gasteiger partial charge < -0.3 is 69.4 Å². The molecule has 0 radical (unpaired) electrons. The zero-order chi connectivity index (χ0) is 84.1. The van der Waals surface area contributed by atoms with Crippen molar-refractivity contribution in [1.82, 2.24) is 29.2 Å². The Balaban J connectivity index is 0.000000292. The van der Waals surface area contributed by atoms with Crippen molar-refractivity contribution in [2.75, 3.05) is 64.3 Å². The number of ether oxygens (including phenoxy) is 8. The van der Waals surface area contributed by atoms with Crippen LogP contribution in [0.4, 0.5) is 11.6 Å². The maximum absolute atomic E-state index is 13.3. The molecule has 3 aliphatic rings. The number of fused-ring (bicyclic) bond motifs is 3. The van der Waals surface area contributed by atoms with Crippen LogP contribution in [0.2, 0.25) is 20.1 Å². The molecule has 0 bridgehead atoms. The molecule has 0 spiro atoms. The van der Waals surface area contributed by atoms with Crippen molar-refractivity contribution in [2.24, 2.45) is 0 Å². The highest BCUT2D eigenvalue weighted by molar-refractivity contribution is 7.47. The van der Waals surface area contributed by atoms with Crippen LogP contribution in [0.3, 0.4) is 0 Å². The van der Waals surface area contributed by atoms with Gasteiger partial charge in [0, 0.05) is 33.3 Å². The number of hydrogen-bond acceptors (Lipinski definition) is 24. The average molecular weight is 1750 g/mol. The molecule has 652 valence electrons. The summed E-state index contributed by atoms with van der Waals surface area (Å²) in [5, 5.41) is 52.7. The van der Waals surface area contributed by atoms with Crippen LogP contribution < -0.4 is 11.5 Å². The van der Waals surface area contributed by atoms with Crippen LogP contribution in [-0.4, -0.2) is 157 Å². The summed E-state index contributed by atoms with van der Waals surface area (Å²) in [4.78, 5) is 29.4. The molecule has 2 aromatic carbocycles. The SMILES string of the molecule is CCCCCCCCCCCCCCCCCCOC[C@H](COP(=O)(O)OC[C@H]1O[C@@](C#N)(c2ccc3c(N)ncnn23)[C@@H]2OC(C)(C)O[C@@H]21)OCc1ccc(Cl)cc1Cl.CCCCCCCCCCCCCCCCCCOC[C@H](COP(=O)(O)OC[C@H]1O[C@@](C#N)(c2ccc3c(N)ncnn23)[C@H](O)[C@@H]1O)OCc1ccc(Cl)cc1Cl. The van der Waals surface area contributed by atoms with Gasteiger partial charge in [-0.2, -0.15) is 20.7 Å². The van der Waals surface area contributed by atoms with Crippen molar-refractivity contribution in [1.29, 1.82) is 10.5 Å². The number of phosphoric acid groups is 2. The molecule has 117 heavy (non-hydrogen) atoms. The summed E-state index contributed by atoms with van der Waals surface area (Å²) in [6, 6.07) is 20.6. The number of nitrogens with two attached hydrogens (primary N) is 2. The zero-order valence-electron chi connectivity index (χ0n) is 68.4. The van der Waals surface area contributed by atoms with E-state index in [4.69, 9.17) is 114 Å². The van der Waals surface area contributed by atoms with Crippen molar-refractivity contribution in [3.05, 3.63) is 116 Å². The van der Waals surface area contributed by atoms with Gasteiger partial charge in [0.25, 0.3) is 0 Å². The number of aliphatic hydroxyl groups is 2. The first-order valence-corrected chi connectivity index (χ1v) is 46.5. The van der Waals surface area contributed by atoms with Gasteiger partial charge in [-0.05, 0) is 86.3 Å². The number of rotatable bonds is 58. The standard InChI is InChI=1S/C43H64Cl2N5O9P.C40H60Cl2N5O9P/c1-4-5-6-7-8-9-10-11-12-13-14-15-16-17-18-19-24-53-27-34(54-26-32-20-21-33(44)25-35(32)45)28-55-60(51,52)56-29-37-39-40(59-42(2,3)58-39)43(30-46,57-37)38-23-22-36-41(47)48-31-49-50(36)38;1-2-3-4-5-6-7-8-9-10-11-12-13-14-15-16-17-22-52-25-32(53-24-30-18-19-31(41)23-33(30)42)26-54-57(50,51)55-27-35-37(48)38(49)40(28-43,56-35)36-21-20-34-39(44)45-29-46-47(34)36/h20-23,25,31,34,37,39-40H,4-19,24,26-29H2,1-3H3,(H,51,52)(H2,47,48,49);18-21,23,29,32,35,37-38,48-49H,2-17,22,24-27H2,1H3,(H,50,51)(H2,44,45,46)/t34-,37-,39-,40-,43+;32-,35-,37-,38-,40+/m11/s1. The molecule has 0 aliphatic carbocycles. The fourth-order valence-electron chi connectivity index (χ4n) is 14.7. The van der Waals surface area contributed by atoms with Gasteiger partial charge in [0.2, 0.25) is 11.2 Å². The third-order valence-corrected chi connectivity index (χ3v) is 24.3. The minimum Gasteiger partial charge on any atom is -0.387 e. The molecule has 4 aromatic heterocycles. The predicted octanol–water partition coefficient (Wildman–Crippen LogP) is 18.7. The highest BCUT2D eigenvalue weighted by Crippen LogP contribution is 2.52. The van der Waals surface area contributed by atoms with Gasteiger partial charge in [-0.3, -0.25) is 18.1 Å². The summed E-state index contributed by atoms with van der Waals surface area (Å²) >= 11 is 24.8. The fraction of sp³-hybridized carbons (Fsp3) is 0.687. The van der Waals surface area contributed by atoms with Crippen molar-refractivity contribution in [3.63, 3.8) is 0 Å². The number of aromatic nitrogens is 6. The number of aliphatic hydroxyl groups excluding tert-OH is 2. The first kappa shape index (κ1) is 97.7. The zero-order valence-corrected chi connectivity index (χ0v) is 73.2. The third kappa shape index (κ3) is 30.9. The summed E-state index contributed by atoms with van der Waals surface area (Å²) in [6.45, 7) is 7.43. The molecule has 3 aliphatic heterocycles. The van der Waals surface area contributed by atoms with Gasteiger partial charge in [-0.1, -0.05) is 265 Å². The summed E-state index contributed by atoms with van der Waals surface area (Å²) in [5.74, 6) is -0.756. The highest BCUT2D eigenvalue weighted by atomic mass is 35.5. The second kappa shape index (κ2) is 50.7. The minimum atomic E-state index is -4.77. The second-order valence-electron chi connectivity index (χ2n) is 31.0. The van der Waals surface area contributed by atoms with Crippen molar-refractivity contribution in [2.45, 2.75) is 312 Å². The molecular formula is C83H124Cl4N10O18P2. The third-order valence-electron chi connectivity index (χ3n) is 21.3. The molecule has 12 atom stereocenters. The second-order valence-corrected chi connectivity index (χ2v) is 35.6. The quantitative estimate of drug-likeness (QED) is 0.0153. The smallest absolute Gasteiger partial charge is 0.387 e. The summed E-state index contributed by atoms with van der Waals surface area (Å²) < 4.78 is 98.9. The van der Waals surface area contributed by atoms with E-state index in [1.807, 2.05) is 6.07 Å². The monoisotopic (exact) mass is 1750 g/mol. The number of anilines is 2. The Kier molecular flexibility index (Phi) is 42.4. The van der Waals surface area contributed by atoms with E-state index in [-0.39, 0.29) is 57.0 Å². The molecule has 3 saturated heterocycles. The molecule has 2 unspecified atom stereocenters. The molecule has 6 aromatic rings. The van der Waals surface area contributed by atoms with Gasteiger partial charge >= 0.3 is 15.6 Å². The molecule has 0 saturated carbocycles. The van der Waals surface area contributed by atoms with Gasteiger partial charge in [-0.15, -0.1) is 0 Å². The lowest BCUT2D eigenvalue weighted by molar-refractivity contribution is -0.204. The van der Waals surface area contributed by atoms with Crippen LogP contribution in [0.5, 0.6) is 0 Å².